The summed E-state index contributed by atoms with van der Waals surface area (Å²) in [4.78, 5) is 11.6. The first-order valence-corrected chi connectivity index (χ1v) is 7.22. The van der Waals surface area contributed by atoms with Crippen molar-refractivity contribution in [3.05, 3.63) is 29.8 Å². The van der Waals surface area contributed by atoms with Gasteiger partial charge in [0.25, 0.3) is 5.91 Å². The van der Waals surface area contributed by atoms with E-state index in [0.29, 0.717) is 11.3 Å². The minimum absolute atomic E-state index is 0.00989. The largest absolute Gasteiger partial charge is 0.399 e. The monoisotopic (exact) mass is 272 g/mol. The number of rotatable bonds is 6. The lowest BCUT2D eigenvalue weighted by Gasteiger charge is -2.06. The summed E-state index contributed by atoms with van der Waals surface area (Å²) in [6, 6.07) is 6.40. The lowest BCUT2D eigenvalue weighted by molar-refractivity contribution is 0.0956. The van der Waals surface area contributed by atoms with Crippen molar-refractivity contribution in [1.29, 1.82) is 0 Å². The van der Waals surface area contributed by atoms with Crippen molar-refractivity contribution in [2.75, 3.05) is 30.4 Å². The van der Waals surface area contributed by atoms with E-state index in [1.165, 1.54) is 6.07 Å². The molecule has 18 heavy (non-hydrogen) atoms. The third-order valence-corrected chi connectivity index (χ3v) is 3.88. The number of hydrogen-bond donors (Lipinski definition) is 3. The molecule has 6 nitrogen and oxygen atoms in total. The Morgan fingerprint density at radius 2 is 2.06 bits per heavy atom. The third kappa shape index (κ3) is 4.72. The number of carbonyl (C=O) groups is 1. The molecular formula is C11H16N2O4S. The van der Waals surface area contributed by atoms with E-state index < -0.39 is 16.4 Å². The van der Waals surface area contributed by atoms with Crippen LogP contribution in [-0.2, 0) is 9.84 Å². The number of nitrogen functional groups attached to an aromatic ring is 1. The summed E-state index contributed by atoms with van der Waals surface area (Å²) in [6.45, 7) is -0.401. The van der Waals surface area contributed by atoms with Gasteiger partial charge in [0.2, 0.25) is 0 Å². The van der Waals surface area contributed by atoms with E-state index in [9.17, 15) is 13.2 Å². The summed E-state index contributed by atoms with van der Waals surface area (Å²) in [5.74, 6) is -0.857. The lowest BCUT2D eigenvalue weighted by Crippen LogP contribution is -2.30. The number of nitrogens with two attached hydrogens (primary N) is 1. The zero-order valence-corrected chi connectivity index (χ0v) is 10.6. The Bertz CT molecular complexity index is 514. The van der Waals surface area contributed by atoms with Crippen molar-refractivity contribution >= 4 is 21.4 Å². The molecule has 0 spiro atoms. The fraction of sp³-hybridized carbons (Fsp3) is 0.364. The molecule has 0 saturated carbocycles. The Labute approximate surface area is 106 Å². The van der Waals surface area contributed by atoms with Crippen LogP contribution in [0.3, 0.4) is 0 Å². The zero-order valence-electron chi connectivity index (χ0n) is 9.80. The van der Waals surface area contributed by atoms with Crippen molar-refractivity contribution < 1.29 is 18.3 Å². The van der Waals surface area contributed by atoms with Gasteiger partial charge in [-0.15, -0.1) is 0 Å². The molecule has 0 unspecified atom stereocenters. The molecule has 0 aromatic heterocycles. The fourth-order valence-electron chi connectivity index (χ4n) is 1.34. The number of anilines is 1. The highest BCUT2D eigenvalue weighted by Crippen LogP contribution is 2.05. The van der Waals surface area contributed by atoms with E-state index in [-0.39, 0.29) is 24.0 Å². The second-order valence-electron chi connectivity index (χ2n) is 3.76. The third-order valence-electron chi connectivity index (χ3n) is 2.25. The van der Waals surface area contributed by atoms with Crippen LogP contribution in [0.4, 0.5) is 5.69 Å². The highest BCUT2D eigenvalue weighted by Gasteiger charge is 2.11. The van der Waals surface area contributed by atoms with Gasteiger partial charge < -0.3 is 16.2 Å². The summed E-state index contributed by atoms with van der Waals surface area (Å²) in [5.41, 5.74) is 6.38. The summed E-state index contributed by atoms with van der Waals surface area (Å²) in [7, 11) is -3.31. The number of aliphatic hydroxyl groups is 1. The molecule has 0 atom stereocenters. The van der Waals surface area contributed by atoms with E-state index in [2.05, 4.69) is 5.32 Å². The SMILES string of the molecule is Nc1cccc(C(=O)NCCS(=O)(=O)CCO)c1. The van der Waals surface area contributed by atoms with Crippen LogP contribution in [0.25, 0.3) is 0 Å². The molecule has 0 fully saturated rings. The number of aliphatic hydroxyl groups excluding tert-OH is 1. The lowest BCUT2D eigenvalue weighted by atomic mass is 10.2. The second-order valence-corrected chi connectivity index (χ2v) is 6.06. The van der Waals surface area contributed by atoms with Gasteiger partial charge >= 0.3 is 0 Å². The van der Waals surface area contributed by atoms with Gasteiger partial charge in [-0.05, 0) is 18.2 Å². The molecule has 4 N–H and O–H groups in total. The van der Waals surface area contributed by atoms with E-state index in [1.807, 2.05) is 0 Å². The average molecular weight is 272 g/mol. The first-order chi connectivity index (χ1) is 8.44. The number of carbonyl (C=O) groups excluding carboxylic acids is 1. The van der Waals surface area contributed by atoms with E-state index in [1.54, 1.807) is 18.2 Å². The molecule has 0 bridgehead atoms. The number of benzene rings is 1. The van der Waals surface area contributed by atoms with Gasteiger partial charge in [-0.25, -0.2) is 8.42 Å². The van der Waals surface area contributed by atoms with Crippen LogP contribution in [0.5, 0.6) is 0 Å². The smallest absolute Gasteiger partial charge is 0.251 e. The first-order valence-electron chi connectivity index (χ1n) is 5.39. The van der Waals surface area contributed by atoms with Gasteiger partial charge in [-0.2, -0.15) is 0 Å². The van der Waals surface area contributed by atoms with Crippen molar-refractivity contribution in [3.63, 3.8) is 0 Å². The molecule has 0 aliphatic rings. The van der Waals surface area contributed by atoms with Crippen molar-refractivity contribution in [2.24, 2.45) is 0 Å². The maximum absolute atomic E-state index is 11.6. The van der Waals surface area contributed by atoms with Crippen LogP contribution < -0.4 is 11.1 Å². The molecule has 1 rings (SSSR count). The number of nitrogens with one attached hydrogen (secondary N) is 1. The molecule has 0 aliphatic carbocycles. The zero-order chi connectivity index (χ0) is 13.6. The molecule has 0 heterocycles. The molecule has 0 radical (unpaired) electrons. The minimum Gasteiger partial charge on any atom is -0.399 e. The molecule has 0 aliphatic heterocycles. The summed E-state index contributed by atoms with van der Waals surface area (Å²) in [5, 5.41) is 11.0. The Kier molecular flexibility index (Phi) is 5.11. The highest BCUT2D eigenvalue weighted by molar-refractivity contribution is 7.91. The maximum Gasteiger partial charge on any atom is 0.251 e. The van der Waals surface area contributed by atoms with E-state index >= 15 is 0 Å². The molecule has 7 heteroatoms. The molecule has 100 valence electrons. The van der Waals surface area contributed by atoms with Crippen LogP contribution in [0.1, 0.15) is 10.4 Å². The number of hydrogen-bond acceptors (Lipinski definition) is 5. The quantitative estimate of drug-likeness (QED) is 0.599. The Hall–Kier alpha value is -1.60. The Morgan fingerprint density at radius 1 is 1.33 bits per heavy atom. The maximum atomic E-state index is 11.6. The Morgan fingerprint density at radius 3 is 2.67 bits per heavy atom. The van der Waals surface area contributed by atoms with Crippen molar-refractivity contribution in [2.45, 2.75) is 0 Å². The van der Waals surface area contributed by atoms with E-state index in [4.69, 9.17) is 10.8 Å². The predicted molar refractivity (Wildman–Crippen MR) is 68.9 cm³/mol. The molecule has 0 saturated heterocycles. The van der Waals surface area contributed by atoms with Gasteiger partial charge in [0.1, 0.15) is 0 Å². The van der Waals surface area contributed by atoms with Gasteiger partial charge in [0.05, 0.1) is 18.1 Å². The van der Waals surface area contributed by atoms with Crippen LogP contribution in [-0.4, -0.2) is 44.1 Å². The second kappa shape index (κ2) is 6.36. The summed E-state index contributed by atoms with van der Waals surface area (Å²) in [6.07, 6.45) is 0. The molecular weight excluding hydrogens is 256 g/mol. The first kappa shape index (κ1) is 14.5. The average Bonchev–Trinajstić information content (AvgIpc) is 2.28. The van der Waals surface area contributed by atoms with Crippen LogP contribution >= 0.6 is 0 Å². The van der Waals surface area contributed by atoms with Gasteiger partial charge in [-0.1, -0.05) is 6.07 Å². The topological polar surface area (TPSA) is 109 Å². The molecule has 1 aromatic rings. The fourth-order valence-corrected chi connectivity index (χ4v) is 2.24. The van der Waals surface area contributed by atoms with Crippen molar-refractivity contribution in [3.8, 4) is 0 Å². The van der Waals surface area contributed by atoms with Crippen molar-refractivity contribution in [1.82, 2.24) is 5.32 Å². The van der Waals surface area contributed by atoms with Gasteiger partial charge in [0.15, 0.2) is 9.84 Å². The molecule has 1 amide bonds. The number of sulfone groups is 1. The molecule has 1 aromatic carbocycles. The Balaban J connectivity index is 2.48. The van der Waals surface area contributed by atoms with Gasteiger partial charge in [-0.3, -0.25) is 4.79 Å². The normalized spacial score (nSPS) is 11.2. The standard InChI is InChI=1S/C11H16N2O4S/c12-10-3-1-2-9(8-10)11(15)13-4-6-18(16,17)7-5-14/h1-3,8,14H,4-7,12H2,(H,13,15). The number of amides is 1. The van der Waals surface area contributed by atoms with Gasteiger partial charge in [0, 0.05) is 17.8 Å². The summed E-state index contributed by atoms with van der Waals surface area (Å²) >= 11 is 0. The van der Waals surface area contributed by atoms with Crippen LogP contribution in [0, 0.1) is 0 Å². The minimum atomic E-state index is -3.31. The predicted octanol–water partition coefficient (Wildman–Crippen LogP) is -0.594. The summed E-state index contributed by atoms with van der Waals surface area (Å²) < 4.78 is 22.5. The highest BCUT2D eigenvalue weighted by atomic mass is 32.2. The van der Waals surface area contributed by atoms with Crippen LogP contribution in [0.2, 0.25) is 0 Å². The van der Waals surface area contributed by atoms with E-state index in [0.717, 1.165) is 0 Å². The van der Waals surface area contributed by atoms with Crippen LogP contribution in [0.15, 0.2) is 24.3 Å².